The molecule has 0 unspecified atom stereocenters. The van der Waals surface area contributed by atoms with Crippen LogP contribution in [0, 0.1) is 0 Å². The number of benzene rings is 1. The van der Waals surface area contributed by atoms with Crippen molar-refractivity contribution < 1.29 is 9.59 Å². The van der Waals surface area contributed by atoms with E-state index in [-0.39, 0.29) is 11.8 Å². The molecule has 0 saturated carbocycles. The van der Waals surface area contributed by atoms with Crippen LogP contribution in [0.3, 0.4) is 0 Å². The minimum atomic E-state index is -0.358. The number of amides is 2. The lowest BCUT2D eigenvalue weighted by Gasteiger charge is -2.05. The van der Waals surface area contributed by atoms with Crippen molar-refractivity contribution in [2.75, 3.05) is 7.05 Å². The van der Waals surface area contributed by atoms with E-state index in [4.69, 9.17) is 0 Å². The van der Waals surface area contributed by atoms with Crippen LogP contribution in [-0.2, 0) is 29.1 Å². The van der Waals surface area contributed by atoms with Crippen LogP contribution >= 0.6 is 0 Å². The molecule has 33 heavy (non-hydrogen) atoms. The first-order chi connectivity index (χ1) is 16.1. The Morgan fingerprint density at radius 3 is 2.52 bits per heavy atom. The molecule has 0 radical (unpaired) electrons. The molecule has 0 spiro atoms. The Balaban J connectivity index is 1.51. The van der Waals surface area contributed by atoms with Crippen LogP contribution in [0.25, 0.3) is 22.0 Å². The molecule has 166 valence electrons. The molecule has 0 fully saturated rings. The number of likely N-dealkylation sites (N-methyl/N-ethyl adjacent to an activating group) is 1. The zero-order valence-electron chi connectivity index (χ0n) is 18.6. The number of imide groups is 1. The summed E-state index contributed by atoms with van der Waals surface area (Å²) in [5.41, 5.74) is 3.89. The van der Waals surface area contributed by atoms with Gasteiger partial charge in [-0.15, -0.1) is 5.10 Å². The van der Waals surface area contributed by atoms with Gasteiger partial charge in [-0.25, -0.2) is 0 Å². The third-order valence-corrected chi connectivity index (χ3v) is 6.03. The Morgan fingerprint density at radius 2 is 1.73 bits per heavy atom. The Morgan fingerprint density at radius 1 is 0.939 bits per heavy atom. The standard InChI is InChI=1S/C25H24N6O2/c1-3-30-15-19(18-11-4-5-12-21(18)30)22-23(25(33)29(2)24(22)32)20-16-31(28-27-20)14-8-10-17-9-6-7-13-26-17/h4-7,9,11-13,15-16H,3,8,10,14H2,1-2H3. The predicted molar refractivity (Wildman–Crippen MR) is 125 cm³/mol. The number of fused-ring (bicyclic) bond motifs is 1. The lowest BCUT2D eigenvalue weighted by molar-refractivity contribution is -0.134. The number of nitrogens with zero attached hydrogens (tertiary/aromatic N) is 6. The number of pyridine rings is 1. The summed E-state index contributed by atoms with van der Waals surface area (Å²) >= 11 is 0. The molecule has 4 heterocycles. The van der Waals surface area contributed by atoms with Crippen molar-refractivity contribution in [2.45, 2.75) is 32.9 Å². The van der Waals surface area contributed by atoms with Crippen LogP contribution in [0.15, 0.2) is 61.1 Å². The fourth-order valence-corrected chi connectivity index (χ4v) is 4.33. The van der Waals surface area contributed by atoms with E-state index in [0.717, 1.165) is 46.4 Å². The summed E-state index contributed by atoms with van der Waals surface area (Å²) in [6, 6.07) is 13.8. The highest BCUT2D eigenvalue weighted by atomic mass is 16.2. The number of carbonyl (C=O) groups excluding carboxylic acids is 2. The minimum absolute atomic E-state index is 0.303. The van der Waals surface area contributed by atoms with Crippen molar-refractivity contribution in [3.8, 4) is 0 Å². The molecule has 1 aliphatic rings. The van der Waals surface area contributed by atoms with Crippen LogP contribution < -0.4 is 0 Å². The average Bonchev–Trinajstić information content (AvgIpc) is 3.51. The van der Waals surface area contributed by atoms with Crippen molar-refractivity contribution in [1.82, 2.24) is 29.4 Å². The summed E-state index contributed by atoms with van der Waals surface area (Å²) in [6.45, 7) is 3.45. The number of hydrogen-bond acceptors (Lipinski definition) is 5. The van der Waals surface area contributed by atoms with Crippen LogP contribution in [0.1, 0.15) is 30.3 Å². The second-order valence-corrected chi connectivity index (χ2v) is 8.06. The molecule has 1 aliphatic heterocycles. The van der Waals surface area contributed by atoms with E-state index in [1.165, 1.54) is 7.05 Å². The number of carbonyl (C=O) groups is 2. The SMILES string of the molecule is CCn1cc(C2=C(c3cn(CCCc4ccccn4)nn3)C(=O)N(C)C2=O)c2ccccc21. The molecular weight excluding hydrogens is 416 g/mol. The highest BCUT2D eigenvalue weighted by Gasteiger charge is 2.39. The van der Waals surface area contributed by atoms with Gasteiger partial charge in [0.25, 0.3) is 11.8 Å². The maximum Gasteiger partial charge on any atom is 0.263 e. The molecule has 0 saturated heterocycles. The Bertz CT molecular complexity index is 1380. The van der Waals surface area contributed by atoms with Gasteiger partial charge in [-0.1, -0.05) is 29.5 Å². The predicted octanol–water partition coefficient (Wildman–Crippen LogP) is 3.19. The van der Waals surface area contributed by atoms with Gasteiger partial charge in [0, 0.05) is 54.7 Å². The van der Waals surface area contributed by atoms with Crippen LogP contribution in [0.5, 0.6) is 0 Å². The van der Waals surface area contributed by atoms with E-state index in [1.807, 2.05) is 48.7 Å². The summed E-state index contributed by atoms with van der Waals surface area (Å²) in [4.78, 5) is 31.7. The molecule has 0 bridgehead atoms. The second kappa shape index (κ2) is 8.46. The first-order valence-electron chi connectivity index (χ1n) is 11.0. The van der Waals surface area contributed by atoms with Gasteiger partial charge in [-0.05, 0) is 38.0 Å². The zero-order chi connectivity index (χ0) is 22.9. The molecule has 4 aromatic rings. The maximum atomic E-state index is 13.2. The molecule has 3 aromatic heterocycles. The van der Waals surface area contributed by atoms with Gasteiger partial charge in [0.2, 0.25) is 0 Å². The molecule has 1 aromatic carbocycles. The minimum Gasteiger partial charge on any atom is -0.347 e. The summed E-state index contributed by atoms with van der Waals surface area (Å²) in [5.74, 6) is -0.678. The van der Waals surface area contributed by atoms with Gasteiger partial charge < -0.3 is 4.57 Å². The Hall–Kier alpha value is -4.07. The molecule has 0 N–H and O–H groups in total. The largest absolute Gasteiger partial charge is 0.347 e. The van der Waals surface area contributed by atoms with Gasteiger partial charge in [-0.3, -0.25) is 24.2 Å². The molecule has 0 atom stereocenters. The van der Waals surface area contributed by atoms with E-state index in [2.05, 4.69) is 26.8 Å². The van der Waals surface area contributed by atoms with E-state index < -0.39 is 0 Å². The molecular formula is C25H24N6O2. The quantitative estimate of drug-likeness (QED) is 0.412. The fourth-order valence-electron chi connectivity index (χ4n) is 4.33. The molecule has 8 nitrogen and oxygen atoms in total. The zero-order valence-corrected chi connectivity index (χ0v) is 18.6. The summed E-state index contributed by atoms with van der Waals surface area (Å²) < 4.78 is 3.80. The third-order valence-electron chi connectivity index (χ3n) is 6.03. The topological polar surface area (TPSA) is 85.9 Å². The summed E-state index contributed by atoms with van der Waals surface area (Å²) in [5, 5.41) is 9.41. The number of para-hydroxylation sites is 1. The molecule has 5 rings (SSSR count). The maximum absolute atomic E-state index is 13.2. The Labute approximate surface area is 191 Å². The average molecular weight is 441 g/mol. The van der Waals surface area contributed by atoms with Gasteiger partial charge >= 0.3 is 0 Å². The van der Waals surface area contributed by atoms with E-state index in [9.17, 15) is 9.59 Å². The second-order valence-electron chi connectivity index (χ2n) is 8.06. The molecule has 2 amide bonds. The monoisotopic (exact) mass is 440 g/mol. The normalized spacial score (nSPS) is 14.2. The Kier molecular flexibility index (Phi) is 5.34. The van der Waals surface area contributed by atoms with Gasteiger partial charge in [0.05, 0.1) is 17.3 Å². The molecule has 0 aliphatic carbocycles. The summed E-state index contributed by atoms with van der Waals surface area (Å²) in [7, 11) is 1.51. The highest BCUT2D eigenvalue weighted by Crippen LogP contribution is 2.38. The first kappa shape index (κ1) is 20.8. The van der Waals surface area contributed by atoms with Crippen molar-refractivity contribution in [3.63, 3.8) is 0 Å². The van der Waals surface area contributed by atoms with E-state index >= 15 is 0 Å². The van der Waals surface area contributed by atoms with Gasteiger partial charge in [0.15, 0.2) is 0 Å². The lowest BCUT2D eigenvalue weighted by atomic mass is 9.99. The van der Waals surface area contributed by atoms with Gasteiger partial charge in [0.1, 0.15) is 5.69 Å². The van der Waals surface area contributed by atoms with Gasteiger partial charge in [-0.2, -0.15) is 0 Å². The van der Waals surface area contributed by atoms with E-state index in [0.29, 0.717) is 23.4 Å². The smallest absolute Gasteiger partial charge is 0.263 e. The van der Waals surface area contributed by atoms with Crippen LogP contribution in [0.2, 0.25) is 0 Å². The van der Waals surface area contributed by atoms with Crippen molar-refractivity contribution in [1.29, 1.82) is 0 Å². The summed E-state index contributed by atoms with van der Waals surface area (Å²) in [6.07, 6.45) is 7.13. The third kappa shape index (κ3) is 3.63. The first-order valence-corrected chi connectivity index (χ1v) is 11.0. The van der Waals surface area contributed by atoms with Crippen LogP contribution in [0.4, 0.5) is 0 Å². The van der Waals surface area contributed by atoms with Crippen molar-refractivity contribution >= 4 is 33.9 Å². The number of rotatable bonds is 7. The molecule has 8 heteroatoms. The lowest BCUT2D eigenvalue weighted by Crippen LogP contribution is -2.26. The van der Waals surface area contributed by atoms with E-state index in [1.54, 1.807) is 17.1 Å². The van der Waals surface area contributed by atoms with Crippen LogP contribution in [-0.4, -0.2) is 48.3 Å². The van der Waals surface area contributed by atoms with Crippen molar-refractivity contribution in [2.24, 2.45) is 0 Å². The van der Waals surface area contributed by atoms with Crippen molar-refractivity contribution in [3.05, 3.63) is 78.0 Å². The number of hydrogen-bond donors (Lipinski definition) is 0. The fraction of sp³-hybridized carbons (Fsp3) is 0.240. The highest BCUT2D eigenvalue weighted by molar-refractivity contribution is 6.49. The number of aromatic nitrogens is 5. The number of aryl methyl sites for hydroxylation is 3.